The molecule has 0 aliphatic carbocycles. The predicted octanol–water partition coefficient (Wildman–Crippen LogP) is 1.67. The van der Waals surface area contributed by atoms with Crippen molar-refractivity contribution in [2.24, 2.45) is 0 Å². The van der Waals surface area contributed by atoms with Gasteiger partial charge in [0.25, 0.3) is 5.91 Å². The zero-order valence-corrected chi connectivity index (χ0v) is 12.0. The van der Waals surface area contributed by atoms with Crippen LogP contribution in [-0.4, -0.2) is 29.1 Å². The molecule has 0 fully saturated rings. The van der Waals surface area contributed by atoms with Crippen molar-refractivity contribution in [3.63, 3.8) is 0 Å². The van der Waals surface area contributed by atoms with Crippen LogP contribution < -0.4 is 10.6 Å². The lowest BCUT2D eigenvalue weighted by molar-refractivity contribution is -0.119. The number of rotatable bonds is 4. The average Bonchev–Trinajstić information content (AvgIpc) is 2.49. The third kappa shape index (κ3) is 4.25. The van der Waals surface area contributed by atoms with E-state index in [1.165, 1.54) is 12.1 Å². The minimum atomic E-state index is -0.377. The second kappa shape index (κ2) is 6.81. The average molecular weight is 305 g/mol. The Bertz CT molecular complexity index is 641. The van der Waals surface area contributed by atoms with Crippen molar-refractivity contribution in [1.82, 2.24) is 15.5 Å². The molecule has 7 heteroatoms. The Kier molecular flexibility index (Phi) is 4.84. The number of anilines is 1. The number of halogens is 1. The molecule has 0 aliphatic heterocycles. The molecule has 2 N–H and O–H groups in total. The summed E-state index contributed by atoms with van der Waals surface area (Å²) in [4.78, 5) is 23.2. The van der Waals surface area contributed by atoms with Crippen LogP contribution in [0.25, 0.3) is 0 Å². The molecule has 0 aliphatic rings. The van der Waals surface area contributed by atoms with Gasteiger partial charge in [0, 0.05) is 12.7 Å². The Morgan fingerprint density at radius 3 is 2.38 bits per heavy atom. The van der Waals surface area contributed by atoms with Crippen molar-refractivity contribution in [1.29, 1.82) is 0 Å². The molecular formula is C14H13ClN4O2. The molecule has 0 unspecified atom stereocenters. The van der Waals surface area contributed by atoms with Crippen molar-refractivity contribution >= 4 is 29.1 Å². The Balaban J connectivity index is 2.01. The highest BCUT2D eigenvalue weighted by Crippen LogP contribution is 2.11. The zero-order valence-electron chi connectivity index (χ0n) is 11.3. The highest BCUT2D eigenvalue weighted by molar-refractivity contribution is 6.29. The third-order valence-corrected chi connectivity index (χ3v) is 2.92. The molecule has 0 bridgehead atoms. The van der Waals surface area contributed by atoms with E-state index in [-0.39, 0.29) is 22.7 Å². The third-order valence-electron chi connectivity index (χ3n) is 2.72. The molecule has 2 amide bonds. The zero-order chi connectivity index (χ0) is 15.2. The van der Waals surface area contributed by atoms with E-state index in [2.05, 4.69) is 20.8 Å². The molecule has 2 rings (SSSR count). The second-order valence-electron chi connectivity index (χ2n) is 4.24. The van der Waals surface area contributed by atoms with Crippen molar-refractivity contribution in [3.8, 4) is 0 Å². The molecule has 0 saturated heterocycles. The molecule has 0 spiro atoms. The summed E-state index contributed by atoms with van der Waals surface area (Å²) >= 11 is 5.61. The maximum absolute atomic E-state index is 11.9. The summed E-state index contributed by atoms with van der Waals surface area (Å²) in [5.41, 5.74) is 1.64. The van der Waals surface area contributed by atoms with E-state index < -0.39 is 0 Å². The van der Waals surface area contributed by atoms with E-state index in [0.29, 0.717) is 12.1 Å². The number of amides is 2. The number of likely N-dealkylation sites (N-methyl/N-ethyl adjacent to an activating group) is 1. The van der Waals surface area contributed by atoms with E-state index in [1.807, 2.05) is 0 Å². The number of nitrogens with one attached hydrogen (secondary N) is 2. The SMILES string of the molecule is CNC(=O)Cc1ccc(NC(=O)c2ccc(Cl)nn2)cc1. The van der Waals surface area contributed by atoms with Crippen molar-refractivity contribution < 1.29 is 9.59 Å². The number of aromatic nitrogens is 2. The summed E-state index contributed by atoms with van der Waals surface area (Å²) in [5.74, 6) is -0.443. The Labute approximate surface area is 126 Å². The number of hydrogen-bond donors (Lipinski definition) is 2. The van der Waals surface area contributed by atoms with Gasteiger partial charge in [-0.25, -0.2) is 0 Å². The fourth-order valence-electron chi connectivity index (χ4n) is 1.61. The van der Waals surface area contributed by atoms with Crippen molar-refractivity contribution in [2.75, 3.05) is 12.4 Å². The van der Waals surface area contributed by atoms with Gasteiger partial charge in [0.1, 0.15) is 0 Å². The molecule has 2 aromatic rings. The molecule has 6 nitrogen and oxygen atoms in total. The standard InChI is InChI=1S/C14H13ClN4O2/c1-16-13(20)8-9-2-4-10(5-3-9)17-14(21)11-6-7-12(15)19-18-11/h2-7H,8H2,1H3,(H,16,20)(H,17,21). The highest BCUT2D eigenvalue weighted by Gasteiger charge is 2.08. The number of benzene rings is 1. The van der Waals surface area contributed by atoms with Crippen LogP contribution in [0, 0.1) is 0 Å². The quantitative estimate of drug-likeness (QED) is 0.900. The normalized spacial score (nSPS) is 10.0. The van der Waals surface area contributed by atoms with Crippen LogP contribution in [0.15, 0.2) is 36.4 Å². The number of carbonyl (C=O) groups excluding carboxylic acids is 2. The molecule has 1 heterocycles. The van der Waals surface area contributed by atoms with Gasteiger partial charge >= 0.3 is 0 Å². The minimum Gasteiger partial charge on any atom is -0.359 e. The van der Waals surface area contributed by atoms with Crippen LogP contribution in [0.5, 0.6) is 0 Å². The van der Waals surface area contributed by atoms with Crippen molar-refractivity contribution in [3.05, 3.63) is 52.8 Å². The van der Waals surface area contributed by atoms with Gasteiger partial charge in [0.15, 0.2) is 10.8 Å². The predicted molar refractivity (Wildman–Crippen MR) is 79.2 cm³/mol. The number of hydrogen-bond acceptors (Lipinski definition) is 4. The summed E-state index contributed by atoms with van der Waals surface area (Å²) in [5, 5.41) is 12.8. The van der Waals surface area contributed by atoms with Gasteiger partial charge < -0.3 is 10.6 Å². The lowest BCUT2D eigenvalue weighted by Gasteiger charge is -2.06. The second-order valence-corrected chi connectivity index (χ2v) is 4.63. The first-order valence-corrected chi connectivity index (χ1v) is 6.56. The molecule has 108 valence electrons. The molecule has 0 saturated carbocycles. The first-order chi connectivity index (χ1) is 10.1. The van der Waals surface area contributed by atoms with Gasteiger partial charge in [-0.1, -0.05) is 23.7 Å². The van der Waals surface area contributed by atoms with Gasteiger partial charge in [-0.05, 0) is 29.8 Å². The Morgan fingerprint density at radius 2 is 1.81 bits per heavy atom. The largest absolute Gasteiger partial charge is 0.359 e. The summed E-state index contributed by atoms with van der Waals surface area (Å²) in [6.07, 6.45) is 0.299. The van der Waals surface area contributed by atoms with Crippen LogP contribution in [0.4, 0.5) is 5.69 Å². The van der Waals surface area contributed by atoms with Crippen LogP contribution in [0.3, 0.4) is 0 Å². The van der Waals surface area contributed by atoms with E-state index in [4.69, 9.17) is 11.6 Å². The fraction of sp³-hybridized carbons (Fsp3) is 0.143. The van der Waals surface area contributed by atoms with E-state index >= 15 is 0 Å². The lowest BCUT2D eigenvalue weighted by atomic mass is 10.1. The van der Waals surface area contributed by atoms with Gasteiger partial charge in [-0.2, -0.15) is 0 Å². The van der Waals surface area contributed by atoms with Crippen LogP contribution in [0.2, 0.25) is 5.15 Å². The first-order valence-electron chi connectivity index (χ1n) is 6.18. The maximum atomic E-state index is 11.9. The van der Waals surface area contributed by atoms with Gasteiger partial charge in [0.05, 0.1) is 6.42 Å². The molecule has 1 aromatic carbocycles. The first kappa shape index (κ1) is 14.9. The number of nitrogens with zero attached hydrogens (tertiary/aromatic N) is 2. The van der Waals surface area contributed by atoms with E-state index in [0.717, 1.165) is 5.56 Å². The van der Waals surface area contributed by atoms with E-state index in [1.54, 1.807) is 31.3 Å². The Hall–Kier alpha value is -2.47. The molecule has 1 aromatic heterocycles. The summed E-state index contributed by atoms with van der Waals surface area (Å²) in [6, 6.07) is 9.98. The number of carbonyl (C=O) groups is 2. The van der Waals surface area contributed by atoms with E-state index in [9.17, 15) is 9.59 Å². The summed E-state index contributed by atoms with van der Waals surface area (Å²) < 4.78 is 0. The van der Waals surface area contributed by atoms with Gasteiger partial charge in [-0.15, -0.1) is 10.2 Å². The monoisotopic (exact) mass is 304 g/mol. The van der Waals surface area contributed by atoms with Gasteiger partial charge in [-0.3, -0.25) is 9.59 Å². The summed E-state index contributed by atoms with van der Waals surface area (Å²) in [7, 11) is 1.59. The topological polar surface area (TPSA) is 84.0 Å². The van der Waals surface area contributed by atoms with Crippen molar-refractivity contribution in [2.45, 2.75) is 6.42 Å². The van der Waals surface area contributed by atoms with Gasteiger partial charge in [0.2, 0.25) is 5.91 Å². The molecule has 0 atom stereocenters. The Morgan fingerprint density at radius 1 is 1.10 bits per heavy atom. The fourth-order valence-corrected chi connectivity index (χ4v) is 1.71. The molecular weight excluding hydrogens is 292 g/mol. The van der Waals surface area contributed by atoms with Crippen LogP contribution >= 0.6 is 11.6 Å². The smallest absolute Gasteiger partial charge is 0.276 e. The maximum Gasteiger partial charge on any atom is 0.276 e. The minimum absolute atomic E-state index is 0.0665. The highest BCUT2D eigenvalue weighted by atomic mass is 35.5. The lowest BCUT2D eigenvalue weighted by Crippen LogP contribution is -2.19. The van der Waals surface area contributed by atoms with Crippen LogP contribution in [0.1, 0.15) is 16.1 Å². The molecule has 21 heavy (non-hydrogen) atoms. The molecule has 0 radical (unpaired) electrons. The summed E-state index contributed by atoms with van der Waals surface area (Å²) in [6.45, 7) is 0. The van der Waals surface area contributed by atoms with Crippen LogP contribution in [-0.2, 0) is 11.2 Å².